The van der Waals surface area contributed by atoms with Gasteiger partial charge in [0, 0.05) is 14.2 Å². The summed E-state index contributed by atoms with van der Waals surface area (Å²) in [6, 6.07) is 3.24. The molecule has 118 valence electrons. The minimum atomic E-state index is -0.514. The van der Waals surface area contributed by atoms with Gasteiger partial charge in [-0.05, 0) is 12.1 Å². The first-order valence-corrected chi connectivity index (χ1v) is 6.25. The van der Waals surface area contributed by atoms with E-state index in [1.165, 1.54) is 35.5 Å². The summed E-state index contributed by atoms with van der Waals surface area (Å²) in [5.41, 5.74) is 0.334. The van der Waals surface area contributed by atoms with Gasteiger partial charge in [0.05, 0.1) is 33.4 Å². The van der Waals surface area contributed by atoms with Gasteiger partial charge in [-0.1, -0.05) is 0 Å². The lowest BCUT2D eigenvalue weighted by atomic mass is 10.1. The maximum absolute atomic E-state index is 12.2. The third-order valence-corrected chi connectivity index (χ3v) is 2.90. The highest BCUT2D eigenvalue weighted by Crippen LogP contribution is 2.39. The van der Waals surface area contributed by atoms with Crippen LogP contribution in [0.5, 0.6) is 17.2 Å². The molecule has 0 aliphatic rings. The van der Waals surface area contributed by atoms with Crippen LogP contribution in [0.2, 0.25) is 0 Å². The predicted octanol–water partition coefficient (Wildman–Crippen LogP) is 1.06. The fourth-order valence-electron chi connectivity index (χ4n) is 1.81. The maximum atomic E-state index is 12.2. The number of ether oxygens (including phenoxy) is 5. The lowest BCUT2D eigenvalue weighted by molar-refractivity contribution is -0.0974. The molecule has 0 bridgehead atoms. The highest BCUT2D eigenvalue weighted by Gasteiger charge is 2.21. The Morgan fingerprint density at radius 1 is 1.00 bits per heavy atom. The van der Waals surface area contributed by atoms with Crippen molar-refractivity contribution in [1.82, 2.24) is 5.32 Å². The topological polar surface area (TPSA) is 75.3 Å². The molecule has 0 fully saturated rings. The molecule has 21 heavy (non-hydrogen) atoms. The normalized spacial score (nSPS) is 10.4. The molecular formula is C14H21NO6. The van der Waals surface area contributed by atoms with Gasteiger partial charge in [0.1, 0.15) is 0 Å². The van der Waals surface area contributed by atoms with Crippen LogP contribution in [0.15, 0.2) is 12.1 Å². The van der Waals surface area contributed by atoms with Crippen LogP contribution in [0.4, 0.5) is 0 Å². The summed E-state index contributed by atoms with van der Waals surface area (Å²) in [4.78, 5) is 12.2. The number of methoxy groups -OCH3 is 5. The van der Waals surface area contributed by atoms with Gasteiger partial charge in [-0.15, -0.1) is 0 Å². The molecule has 0 heterocycles. The Morgan fingerprint density at radius 2 is 1.62 bits per heavy atom. The van der Waals surface area contributed by atoms with Gasteiger partial charge in [0.2, 0.25) is 5.75 Å². The van der Waals surface area contributed by atoms with E-state index in [0.29, 0.717) is 22.8 Å². The van der Waals surface area contributed by atoms with Crippen molar-refractivity contribution in [2.45, 2.75) is 6.29 Å². The van der Waals surface area contributed by atoms with Crippen molar-refractivity contribution >= 4 is 5.91 Å². The van der Waals surface area contributed by atoms with Crippen LogP contribution in [0.1, 0.15) is 10.4 Å². The molecule has 0 aliphatic heterocycles. The molecule has 0 saturated carbocycles. The fraction of sp³-hybridized carbons (Fsp3) is 0.500. The smallest absolute Gasteiger partial charge is 0.255 e. The Morgan fingerprint density at radius 3 is 2.10 bits per heavy atom. The van der Waals surface area contributed by atoms with Crippen molar-refractivity contribution in [2.24, 2.45) is 0 Å². The molecule has 7 nitrogen and oxygen atoms in total. The van der Waals surface area contributed by atoms with Gasteiger partial charge in [0.25, 0.3) is 5.91 Å². The predicted molar refractivity (Wildman–Crippen MR) is 76.2 cm³/mol. The number of rotatable bonds is 8. The van der Waals surface area contributed by atoms with Gasteiger partial charge in [-0.25, -0.2) is 0 Å². The highest BCUT2D eigenvalue weighted by molar-refractivity contribution is 5.98. The van der Waals surface area contributed by atoms with E-state index in [0.717, 1.165) is 0 Å². The van der Waals surface area contributed by atoms with Crippen LogP contribution in [-0.2, 0) is 9.47 Å². The lowest BCUT2D eigenvalue weighted by Crippen LogP contribution is -2.34. The number of nitrogens with one attached hydrogen (secondary N) is 1. The molecule has 0 unspecified atom stereocenters. The second kappa shape index (κ2) is 8.33. The average Bonchev–Trinajstić information content (AvgIpc) is 2.53. The van der Waals surface area contributed by atoms with E-state index < -0.39 is 6.29 Å². The van der Waals surface area contributed by atoms with Gasteiger partial charge in [-0.2, -0.15) is 0 Å². The van der Waals surface area contributed by atoms with Gasteiger partial charge < -0.3 is 29.0 Å². The summed E-state index contributed by atoms with van der Waals surface area (Å²) in [6.45, 7) is 0.212. The molecule has 1 amide bonds. The maximum Gasteiger partial charge on any atom is 0.255 e. The van der Waals surface area contributed by atoms with Crippen LogP contribution in [0.25, 0.3) is 0 Å². The zero-order chi connectivity index (χ0) is 15.8. The average molecular weight is 299 g/mol. The zero-order valence-corrected chi connectivity index (χ0v) is 12.9. The number of hydrogen-bond donors (Lipinski definition) is 1. The molecule has 1 aromatic rings. The molecule has 1 N–H and O–H groups in total. The van der Waals surface area contributed by atoms with Crippen LogP contribution >= 0.6 is 0 Å². The van der Waals surface area contributed by atoms with E-state index >= 15 is 0 Å². The fourth-order valence-corrected chi connectivity index (χ4v) is 1.81. The summed E-state index contributed by atoms with van der Waals surface area (Å²) in [5.74, 6) is 0.827. The standard InChI is InChI=1S/C14H21NO6/c1-17-10-7-6-9(12(20-4)13(10)21-5)14(16)15-8-11(18-2)19-3/h6-7,11H,8H2,1-5H3,(H,15,16). The molecule has 1 rings (SSSR count). The van der Waals surface area contributed by atoms with Crippen LogP contribution in [0, 0.1) is 0 Å². The molecule has 0 atom stereocenters. The minimum Gasteiger partial charge on any atom is -0.493 e. The van der Waals surface area contributed by atoms with Crippen molar-refractivity contribution in [3.63, 3.8) is 0 Å². The van der Waals surface area contributed by atoms with Crippen molar-refractivity contribution in [3.05, 3.63) is 17.7 Å². The summed E-state index contributed by atoms with van der Waals surface area (Å²) in [6.07, 6.45) is -0.514. The Hall–Kier alpha value is -1.99. The van der Waals surface area contributed by atoms with Crippen molar-refractivity contribution in [3.8, 4) is 17.2 Å². The van der Waals surface area contributed by atoms with E-state index in [4.69, 9.17) is 23.7 Å². The van der Waals surface area contributed by atoms with E-state index in [2.05, 4.69) is 5.32 Å². The monoisotopic (exact) mass is 299 g/mol. The number of amides is 1. The van der Waals surface area contributed by atoms with Gasteiger partial charge in [-0.3, -0.25) is 4.79 Å². The number of benzene rings is 1. The van der Waals surface area contributed by atoms with Gasteiger partial charge >= 0.3 is 0 Å². The molecule has 0 radical (unpaired) electrons. The Balaban J connectivity index is 2.99. The summed E-state index contributed by atoms with van der Waals surface area (Å²) in [5, 5.41) is 2.70. The van der Waals surface area contributed by atoms with Crippen LogP contribution < -0.4 is 19.5 Å². The van der Waals surface area contributed by atoms with E-state index in [1.54, 1.807) is 12.1 Å². The largest absolute Gasteiger partial charge is 0.493 e. The van der Waals surface area contributed by atoms with Crippen LogP contribution in [0.3, 0.4) is 0 Å². The summed E-state index contributed by atoms with van der Waals surface area (Å²) >= 11 is 0. The second-order valence-electron chi connectivity index (χ2n) is 3.99. The lowest BCUT2D eigenvalue weighted by Gasteiger charge is -2.17. The quantitative estimate of drug-likeness (QED) is 0.724. The Kier molecular flexibility index (Phi) is 6.77. The van der Waals surface area contributed by atoms with Crippen LogP contribution in [-0.4, -0.2) is 54.3 Å². The molecule has 0 spiro atoms. The molecule has 0 aromatic heterocycles. The first kappa shape index (κ1) is 17.1. The molecule has 0 aliphatic carbocycles. The summed E-state index contributed by atoms with van der Waals surface area (Å²) in [7, 11) is 7.45. The summed E-state index contributed by atoms with van der Waals surface area (Å²) < 4.78 is 25.7. The number of carbonyl (C=O) groups excluding carboxylic acids is 1. The van der Waals surface area contributed by atoms with Gasteiger partial charge in [0.15, 0.2) is 17.8 Å². The highest BCUT2D eigenvalue weighted by atomic mass is 16.7. The molecular weight excluding hydrogens is 278 g/mol. The first-order chi connectivity index (χ1) is 10.1. The Bertz CT molecular complexity index is 473. The first-order valence-electron chi connectivity index (χ1n) is 6.25. The Labute approximate surface area is 124 Å². The van der Waals surface area contributed by atoms with Crippen molar-refractivity contribution < 1.29 is 28.5 Å². The minimum absolute atomic E-state index is 0.212. The van der Waals surface area contributed by atoms with E-state index in [1.807, 2.05) is 0 Å². The third-order valence-electron chi connectivity index (χ3n) is 2.90. The van der Waals surface area contributed by atoms with E-state index in [-0.39, 0.29) is 12.5 Å². The SMILES string of the molecule is COc1ccc(C(=O)NCC(OC)OC)c(OC)c1OC. The number of carbonyl (C=O) groups is 1. The molecule has 1 aromatic carbocycles. The zero-order valence-electron chi connectivity index (χ0n) is 12.9. The third kappa shape index (κ3) is 3.99. The number of hydrogen-bond acceptors (Lipinski definition) is 6. The molecule has 0 saturated heterocycles. The van der Waals surface area contributed by atoms with Crippen molar-refractivity contribution in [2.75, 3.05) is 42.1 Å². The van der Waals surface area contributed by atoms with E-state index in [9.17, 15) is 4.79 Å². The second-order valence-corrected chi connectivity index (χ2v) is 3.99. The van der Waals surface area contributed by atoms with Crippen molar-refractivity contribution in [1.29, 1.82) is 0 Å². The molecule has 7 heteroatoms.